The second-order valence-corrected chi connectivity index (χ2v) is 5.33. The summed E-state index contributed by atoms with van der Waals surface area (Å²) in [6, 6.07) is 0. The van der Waals surface area contributed by atoms with Crippen LogP contribution in [0.4, 0.5) is 0 Å². The molecule has 0 aliphatic heterocycles. The first-order valence-corrected chi connectivity index (χ1v) is 5.53. The number of hydrogen-bond donors (Lipinski definition) is 1. The van der Waals surface area contributed by atoms with Gasteiger partial charge in [0.1, 0.15) is 0 Å². The average molecular weight is 186 g/mol. The Balaban J connectivity index is 3.77. The number of unbranched alkanes of at least 4 members (excludes halogenated alkanes) is 3. The lowest BCUT2D eigenvalue weighted by Crippen LogP contribution is -2.39. The summed E-state index contributed by atoms with van der Waals surface area (Å²) < 4.78 is 0. The minimum atomic E-state index is -0.513. The van der Waals surface area contributed by atoms with Crippen LogP contribution in [0.25, 0.3) is 0 Å². The van der Waals surface area contributed by atoms with Crippen molar-refractivity contribution in [2.75, 3.05) is 0 Å². The third-order valence-corrected chi connectivity index (χ3v) is 3.13. The van der Waals surface area contributed by atoms with Gasteiger partial charge in [-0.3, -0.25) is 0 Å². The molecule has 1 heteroatoms. The maximum absolute atomic E-state index is 10.2. The average Bonchev–Trinajstić information content (AvgIpc) is 1.96. The van der Waals surface area contributed by atoms with Crippen LogP contribution in [0.15, 0.2) is 0 Å². The minimum Gasteiger partial charge on any atom is -0.390 e. The molecule has 1 atom stereocenters. The molecule has 0 aromatic carbocycles. The molecular weight excluding hydrogens is 160 g/mol. The van der Waals surface area contributed by atoms with Crippen molar-refractivity contribution >= 4 is 0 Å². The van der Waals surface area contributed by atoms with Gasteiger partial charge in [-0.1, -0.05) is 53.4 Å². The topological polar surface area (TPSA) is 20.2 Å². The first kappa shape index (κ1) is 13.0. The summed E-state index contributed by atoms with van der Waals surface area (Å²) in [7, 11) is 0. The third kappa shape index (κ3) is 4.66. The highest BCUT2D eigenvalue weighted by atomic mass is 16.3. The molecule has 0 aliphatic rings. The molecule has 1 N–H and O–H groups in total. The second-order valence-electron chi connectivity index (χ2n) is 5.33. The minimum absolute atomic E-state index is 0.000779. The van der Waals surface area contributed by atoms with Gasteiger partial charge in [-0.05, 0) is 18.8 Å². The lowest BCUT2D eigenvalue weighted by molar-refractivity contribution is -0.0496. The highest BCUT2D eigenvalue weighted by molar-refractivity contribution is 4.85. The molecule has 0 rings (SSSR count). The predicted molar refractivity (Wildman–Crippen MR) is 58.8 cm³/mol. The summed E-state index contributed by atoms with van der Waals surface area (Å²) in [5.74, 6) is 0. The van der Waals surface area contributed by atoms with E-state index in [9.17, 15) is 5.11 Å². The Morgan fingerprint density at radius 1 is 0.923 bits per heavy atom. The van der Waals surface area contributed by atoms with E-state index in [-0.39, 0.29) is 5.41 Å². The van der Waals surface area contributed by atoms with Gasteiger partial charge in [0.05, 0.1) is 5.60 Å². The van der Waals surface area contributed by atoms with Gasteiger partial charge in [-0.25, -0.2) is 0 Å². The molecule has 0 aliphatic carbocycles. The fraction of sp³-hybridized carbons (Fsp3) is 1.00. The van der Waals surface area contributed by atoms with E-state index in [1.54, 1.807) is 0 Å². The summed E-state index contributed by atoms with van der Waals surface area (Å²) >= 11 is 0. The monoisotopic (exact) mass is 186 g/mol. The molecule has 80 valence electrons. The number of rotatable bonds is 5. The Kier molecular flexibility index (Phi) is 4.98. The maximum atomic E-state index is 10.2. The van der Waals surface area contributed by atoms with Crippen LogP contribution in [0, 0.1) is 5.41 Å². The number of aliphatic hydroxyl groups is 1. The van der Waals surface area contributed by atoms with Crippen molar-refractivity contribution in [1.82, 2.24) is 0 Å². The van der Waals surface area contributed by atoms with Gasteiger partial charge in [0.2, 0.25) is 0 Å². The van der Waals surface area contributed by atoms with Crippen molar-refractivity contribution in [3.8, 4) is 0 Å². The Labute approximate surface area is 83.5 Å². The Morgan fingerprint density at radius 3 is 1.85 bits per heavy atom. The van der Waals surface area contributed by atoms with Crippen LogP contribution in [-0.2, 0) is 0 Å². The highest BCUT2D eigenvalue weighted by Crippen LogP contribution is 2.34. The van der Waals surface area contributed by atoms with Crippen molar-refractivity contribution in [3.05, 3.63) is 0 Å². The second kappa shape index (κ2) is 4.99. The van der Waals surface area contributed by atoms with E-state index in [0.717, 1.165) is 12.8 Å². The molecule has 0 saturated heterocycles. The van der Waals surface area contributed by atoms with Crippen molar-refractivity contribution in [1.29, 1.82) is 0 Å². The summed E-state index contributed by atoms with van der Waals surface area (Å²) in [5, 5.41) is 10.2. The van der Waals surface area contributed by atoms with E-state index >= 15 is 0 Å². The molecule has 0 fully saturated rings. The van der Waals surface area contributed by atoms with Crippen molar-refractivity contribution in [3.63, 3.8) is 0 Å². The summed E-state index contributed by atoms with van der Waals surface area (Å²) in [6.07, 6.45) is 5.88. The zero-order valence-electron chi connectivity index (χ0n) is 9.98. The van der Waals surface area contributed by atoms with Crippen LogP contribution >= 0.6 is 0 Å². The molecule has 0 spiro atoms. The molecule has 0 aromatic rings. The molecule has 1 unspecified atom stereocenters. The van der Waals surface area contributed by atoms with Crippen molar-refractivity contribution < 1.29 is 5.11 Å². The maximum Gasteiger partial charge on any atom is 0.0667 e. The normalized spacial score (nSPS) is 17.1. The number of hydrogen-bond acceptors (Lipinski definition) is 1. The Hall–Kier alpha value is -0.0400. The van der Waals surface area contributed by atoms with E-state index in [4.69, 9.17) is 0 Å². The molecule has 0 aromatic heterocycles. The molecule has 13 heavy (non-hydrogen) atoms. The van der Waals surface area contributed by atoms with E-state index in [1.807, 2.05) is 6.92 Å². The predicted octanol–water partition coefficient (Wildman–Crippen LogP) is 3.75. The van der Waals surface area contributed by atoms with Crippen molar-refractivity contribution in [2.24, 2.45) is 5.41 Å². The van der Waals surface area contributed by atoms with Crippen LogP contribution < -0.4 is 0 Å². The lowest BCUT2D eigenvalue weighted by Gasteiger charge is -2.37. The zero-order chi connectivity index (χ0) is 10.5. The third-order valence-electron chi connectivity index (χ3n) is 3.13. The fourth-order valence-electron chi connectivity index (χ4n) is 1.27. The van der Waals surface area contributed by atoms with Gasteiger partial charge >= 0.3 is 0 Å². The molecule has 0 saturated carbocycles. The van der Waals surface area contributed by atoms with Crippen LogP contribution in [0.2, 0.25) is 0 Å². The van der Waals surface area contributed by atoms with Crippen LogP contribution in [0.1, 0.15) is 66.7 Å². The van der Waals surface area contributed by atoms with Crippen LogP contribution in [0.3, 0.4) is 0 Å². The first-order valence-electron chi connectivity index (χ1n) is 5.53. The van der Waals surface area contributed by atoms with E-state index in [1.165, 1.54) is 19.3 Å². The SMILES string of the molecule is CCCCCCC(C)(O)C(C)(C)C. The fourth-order valence-corrected chi connectivity index (χ4v) is 1.27. The molecular formula is C12H26O. The molecule has 0 heterocycles. The zero-order valence-corrected chi connectivity index (χ0v) is 9.98. The Bertz CT molecular complexity index is 131. The van der Waals surface area contributed by atoms with Gasteiger partial charge in [0.15, 0.2) is 0 Å². The summed E-state index contributed by atoms with van der Waals surface area (Å²) in [6.45, 7) is 10.5. The summed E-state index contributed by atoms with van der Waals surface area (Å²) in [4.78, 5) is 0. The molecule has 0 radical (unpaired) electrons. The lowest BCUT2D eigenvalue weighted by atomic mass is 9.75. The van der Waals surface area contributed by atoms with Crippen molar-refractivity contribution in [2.45, 2.75) is 72.3 Å². The van der Waals surface area contributed by atoms with Gasteiger partial charge in [0.25, 0.3) is 0 Å². The Morgan fingerprint density at radius 2 is 1.46 bits per heavy atom. The van der Waals surface area contributed by atoms with E-state index in [2.05, 4.69) is 27.7 Å². The smallest absolute Gasteiger partial charge is 0.0667 e. The van der Waals surface area contributed by atoms with Crippen LogP contribution in [-0.4, -0.2) is 10.7 Å². The molecule has 0 amide bonds. The van der Waals surface area contributed by atoms with Gasteiger partial charge in [-0.15, -0.1) is 0 Å². The quantitative estimate of drug-likeness (QED) is 0.648. The van der Waals surface area contributed by atoms with Crippen LogP contribution in [0.5, 0.6) is 0 Å². The van der Waals surface area contributed by atoms with E-state index in [0.29, 0.717) is 0 Å². The standard InChI is InChI=1S/C12H26O/c1-6-7-8-9-10-12(5,13)11(2,3)4/h13H,6-10H2,1-5H3. The largest absolute Gasteiger partial charge is 0.390 e. The highest BCUT2D eigenvalue weighted by Gasteiger charge is 2.34. The molecule has 1 nitrogen and oxygen atoms in total. The van der Waals surface area contributed by atoms with E-state index < -0.39 is 5.60 Å². The molecule has 0 bridgehead atoms. The van der Waals surface area contributed by atoms with Gasteiger partial charge in [-0.2, -0.15) is 0 Å². The van der Waals surface area contributed by atoms with Gasteiger partial charge < -0.3 is 5.11 Å². The first-order chi connectivity index (χ1) is 5.81. The summed E-state index contributed by atoms with van der Waals surface area (Å²) in [5.41, 5.74) is -0.514. The van der Waals surface area contributed by atoms with Gasteiger partial charge in [0, 0.05) is 0 Å².